The second kappa shape index (κ2) is 4.39. The van der Waals surface area contributed by atoms with Crippen molar-refractivity contribution in [1.82, 2.24) is 14.6 Å². The van der Waals surface area contributed by atoms with Crippen LogP contribution >= 0.6 is 11.3 Å². The summed E-state index contributed by atoms with van der Waals surface area (Å²) in [6.45, 7) is 13.2. The van der Waals surface area contributed by atoms with Crippen LogP contribution in [0.1, 0.15) is 33.4 Å². The van der Waals surface area contributed by atoms with Crippen LogP contribution in [0, 0.1) is 0 Å². The van der Waals surface area contributed by atoms with Gasteiger partial charge in [-0.15, -0.1) is 5.10 Å². The van der Waals surface area contributed by atoms with Crippen LogP contribution in [0.2, 0.25) is 0 Å². The minimum absolute atomic E-state index is 0.0667. The van der Waals surface area contributed by atoms with Gasteiger partial charge in [-0.25, -0.2) is 9.50 Å². The molecule has 98 valence electrons. The number of nitrogens with zero attached hydrogens (tertiary/aromatic N) is 4. The number of rotatable bonds is 3. The van der Waals surface area contributed by atoms with Gasteiger partial charge in [0.15, 0.2) is 0 Å². The summed E-state index contributed by atoms with van der Waals surface area (Å²) in [4.78, 5) is 7.68. The van der Waals surface area contributed by atoms with Crippen LogP contribution in [-0.4, -0.2) is 28.2 Å². The summed E-state index contributed by atoms with van der Waals surface area (Å²) < 4.78 is 1.87. The predicted octanol–water partition coefficient (Wildman–Crippen LogP) is 3.10. The first-order chi connectivity index (χ1) is 8.27. The lowest BCUT2D eigenvalue weighted by atomic mass is 9.93. The summed E-state index contributed by atoms with van der Waals surface area (Å²) in [5.41, 5.74) is 2.27. The van der Waals surface area contributed by atoms with Crippen LogP contribution in [0.3, 0.4) is 0 Å². The van der Waals surface area contributed by atoms with E-state index in [0.717, 1.165) is 27.9 Å². The minimum atomic E-state index is 0.0667. The SMILES string of the molecule is C=C(C)CN(C)c1nn2cc(C(C)(C)C)nc2s1. The van der Waals surface area contributed by atoms with E-state index in [4.69, 9.17) is 0 Å². The Morgan fingerprint density at radius 3 is 2.67 bits per heavy atom. The molecule has 2 heterocycles. The van der Waals surface area contributed by atoms with Gasteiger partial charge in [-0.3, -0.25) is 0 Å². The Bertz CT molecular complexity index is 542. The average molecular weight is 264 g/mol. The lowest BCUT2D eigenvalue weighted by Gasteiger charge is -2.15. The van der Waals surface area contributed by atoms with Gasteiger partial charge in [0.05, 0.1) is 11.9 Å². The average Bonchev–Trinajstić information content (AvgIpc) is 2.70. The molecule has 0 aromatic carbocycles. The summed E-state index contributed by atoms with van der Waals surface area (Å²) in [6.07, 6.45) is 2.02. The minimum Gasteiger partial charge on any atom is -0.346 e. The highest BCUT2D eigenvalue weighted by atomic mass is 32.1. The molecule has 0 saturated heterocycles. The van der Waals surface area contributed by atoms with E-state index in [9.17, 15) is 0 Å². The van der Waals surface area contributed by atoms with E-state index in [0.29, 0.717) is 0 Å². The van der Waals surface area contributed by atoms with Gasteiger partial charge in [0.1, 0.15) is 0 Å². The lowest BCUT2D eigenvalue weighted by molar-refractivity contribution is 0.572. The number of likely N-dealkylation sites (N-methyl/N-ethyl adjacent to an activating group) is 1. The molecule has 4 nitrogen and oxygen atoms in total. The predicted molar refractivity (Wildman–Crippen MR) is 77.6 cm³/mol. The first-order valence-corrected chi connectivity index (χ1v) is 6.81. The molecule has 2 rings (SSSR count). The number of anilines is 1. The van der Waals surface area contributed by atoms with E-state index < -0.39 is 0 Å². The topological polar surface area (TPSA) is 33.4 Å². The standard InChI is InChI=1S/C13H20N4S/c1-9(2)7-16(6)12-15-17-8-10(13(3,4)5)14-11(17)18-12/h8H,1,7H2,2-6H3. The Morgan fingerprint density at radius 2 is 2.17 bits per heavy atom. The molecule has 0 amide bonds. The fraction of sp³-hybridized carbons (Fsp3) is 0.538. The zero-order chi connectivity index (χ0) is 13.5. The van der Waals surface area contributed by atoms with Crippen molar-refractivity contribution < 1.29 is 0 Å². The highest BCUT2D eigenvalue weighted by Crippen LogP contribution is 2.27. The molecule has 0 bridgehead atoms. The van der Waals surface area contributed by atoms with E-state index in [1.807, 2.05) is 24.7 Å². The van der Waals surface area contributed by atoms with Crippen molar-refractivity contribution in [2.75, 3.05) is 18.5 Å². The molecule has 18 heavy (non-hydrogen) atoms. The molecule has 0 atom stereocenters. The Balaban J connectivity index is 2.30. The summed E-state index contributed by atoms with van der Waals surface area (Å²) in [5, 5.41) is 5.53. The van der Waals surface area contributed by atoms with Crippen molar-refractivity contribution >= 4 is 21.4 Å². The van der Waals surface area contributed by atoms with E-state index in [2.05, 4.69) is 42.3 Å². The third-order valence-corrected chi connectivity index (χ3v) is 3.67. The summed E-state index contributed by atoms with van der Waals surface area (Å²) in [6, 6.07) is 0. The van der Waals surface area contributed by atoms with Crippen LogP contribution in [0.15, 0.2) is 18.3 Å². The van der Waals surface area contributed by atoms with Crippen molar-refractivity contribution in [2.45, 2.75) is 33.1 Å². The maximum absolute atomic E-state index is 4.64. The number of imidazole rings is 1. The molecule has 5 heteroatoms. The highest BCUT2D eigenvalue weighted by Gasteiger charge is 2.19. The number of fused-ring (bicyclic) bond motifs is 1. The molecule has 2 aromatic rings. The molecule has 0 spiro atoms. The van der Waals surface area contributed by atoms with Crippen LogP contribution in [-0.2, 0) is 5.41 Å². The van der Waals surface area contributed by atoms with Gasteiger partial charge < -0.3 is 4.90 Å². The number of aromatic nitrogens is 3. The van der Waals surface area contributed by atoms with Crippen LogP contribution in [0.4, 0.5) is 5.13 Å². The molecular weight excluding hydrogens is 244 g/mol. The maximum atomic E-state index is 4.64. The third-order valence-electron chi connectivity index (χ3n) is 2.63. The molecule has 0 saturated carbocycles. The van der Waals surface area contributed by atoms with E-state index in [-0.39, 0.29) is 5.41 Å². The largest absolute Gasteiger partial charge is 0.346 e. The smallest absolute Gasteiger partial charge is 0.214 e. The van der Waals surface area contributed by atoms with Crippen molar-refractivity contribution in [2.24, 2.45) is 0 Å². The fourth-order valence-electron chi connectivity index (χ4n) is 1.68. The van der Waals surface area contributed by atoms with Gasteiger partial charge in [0, 0.05) is 19.0 Å². The van der Waals surface area contributed by atoms with Crippen molar-refractivity contribution in [3.8, 4) is 0 Å². The van der Waals surface area contributed by atoms with Gasteiger partial charge in [0.25, 0.3) is 0 Å². The molecule has 0 radical (unpaired) electrons. The van der Waals surface area contributed by atoms with Crippen molar-refractivity contribution in [1.29, 1.82) is 0 Å². The van der Waals surface area contributed by atoms with Crippen molar-refractivity contribution in [3.63, 3.8) is 0 Å². The van der Waals surface area contributed by atoms with Crippen LogP contribution < -0.4 is 4.90 Å². The summed E-state index contributed by atoms with van der Waals surface area (Å²) >= 11 is 1.61. The first kappa shape index (κ1) is 13.1. The Morgan fingerprint density at radius 1 is 1.50 bits per heavy atom. The Hall–Kier alpha value is -1.36. The lowest BCUT2D eigenvalue weighted by Crippen LogP contribution is -2.19. The molecule has 2 aromatic heterocycles. The van der Waals surface area contributed by atoms with Gasteiger partial charge in [-0.05, 0) is 6.92 Å². The maximum Gasteiger partial charge on any atom is 0.214 e. The Kier molecular flexibility index (Phi) is 3.19. The molecule has 0 fully saturated rings. The molecule has 0 N–H and O–H groups in total. The molecule has 0 unspecified atom stereocenters. The zero-order valence-corrected chi connectivity index (χ0v) is 12.5. The first-order valence-electron chi connectivity index (χ1n) is 5.99. The van der Waals surface area contributed by atoms with Gasteiger partial charge in [-0.1, -0.05) is 44.3 Å². The third kappa shape index (κ3) is 2.56. The molecule has 0 aliphatic rings. The van der Waals surface area contributed by atoms with Gasteiger partial charge in [-0.2, -0.15) is 0 Å². The Labute approximate surface area is 112 Å². The number of hydrogen-bond acceptors (Lipinski definition) is 4. The summed E-state index contributed by atoms with van der Waals surface area (Å²) in [7, 11) is 2.03. The quantitative estimate of drug-likeness (QED) is 0.799. The highest BCUT2D eigenvalue weighted by molar-refractivity contribution is 7.20. The molecule has 0 aliphatic carbocycles. The van der Waals surface area contributed by atoms with E-state index in [1.165, 1.54) is 0 Å². The fourth-order valence-corrected chi connectivity index (χ4v) is 2.52. The zero-order valence-electron chi connectivity index (χ0n) is 11.7. The molecule has 0 aliphatic heterocycles. The number of hydrogen-bond donors (Lipinski definition) is 0. The van der Waals surface area contributed by atoms with Crippen molar-refractivity contribution in [3.05, 3.63) is 24.0 Å². The molecular formula is C13H20N4S. The second-order valence-corrected chi connectivity index (χ2v) is 6.74. The second-order valence-electron chi connectivity index (χ2n) is 5.80. The van der Waals surface area contributed by atoms with E-state index in [1.54, 1.807) is 11.3 Å². The normalized spacial score (nSPS) is 12.1. The monoisotopic (exact) mass is 264 g/mol. The van der Waals surface area contributed by atoms with E-state index >= 15 is 0 Å². The van der Waals surface area contributed by atoms with Gasteiger partial charge in [0.2, 0.25) is 10.1 Å². The van der Waals surface area contributed by atoms with Gasteiger partial charge >= 0.3 is 0 Å². The van der Waals surface area contributed by atoms with Crippen LogP contribution in [0.25, 0.3) is 4.96 Å². The summed E-state index contributed by atoms with van der Waals surface area (Å²) in [5.74, 6) is 0. The van der Waals surface area contributed by atoms with Crippen LogP contribution in [0.5, 0.6) is 0 Å².